The molecular weight excluding hydrogens is 242 g/mol. The number of nitrogens with zero attached hydrogens (tertiary/aromatic N) is 2. The summed E-state index contributed by atoms with van der Waals surface area (Å²) in [5.41, 5.74) is 1.08. The van der Waals surface area contributed by atoms with Gasteiger partial charge >= 0.3 is 0 Å². The molecule has 0 saturated heterocycles. The highest BCUT2D eigenvalue weighted by Gasteiger charge is 2.12. The minimum Gasteiger partial charge on any atom is -0.334 e. The molecule has 18 heavy (non-hydrogen) atoms. The van der Waals surface area contributed by atoms with E-state index in [1.165, 1.54) is 5.39 Å². The summed E-state index contributed by atoms with van der Waals surface area (Å²) in [7, 11) is 0. The van der Waals surface area contributed by atoms with Gasteiger partial charge in [0.05, 0.1) is 6.04 Å². The second-order valence-corrected chi connectivity index (χ2v) is 5.53. The smallest absolute Gasteiger partial charge is 0.161 e. The van der Waals surface area contributed by atoms with Gasteiger partial charge in [0.1, 0.15) is 0 Å². The van der Waals surface area contributed by atoms with Crippen LogP contribution in [0, 0.1) is 0 Å². The average molecular weight is 257 g/mol. The molecule has 0 saturated carbocycles. The molecule has 0 bridgehead atoms. The zero-order valence-corrected chi connectivity index (χ0v) is 11.1. The Morgan fingerprint density at radius 2 is 2.28 bits per heavy atom. The lowest BCUT2D eigenvalue weighted by Gasteiger charge is -2.18. The zero-order valence-electron chi connectivity index (χ0n) is 10.3. The first-order valence-electron chi connectivity index (χ1n) is 6.13. The summed E-state index contributed by atoms with van der Waals surface area (Å²) in [6.07, 6.45) is 4.88. The van der Waals surface area contributed by atoms with E-state index in [2.05, 4.69) is 40.4 Å². The molecule has 0 radical (unpaired) electrons. The van der Waals surface area contributed by atoms with E-state index in [0.717, 1.165) is 28.4 Å². The molecule has 1 aromatic heterocycles. The summed E-state index contributed by atoms with van der Waals surface area (Å²) < 4.78 is 0. The van der Waals surface area contributed by atoms with E-state index in [1.54, 1.807) is 11.8 Å². The Bertz CT molecular complexity index is 589. The Kier molecular flexibility index (Phi) is 3.19. The molecule has 1 aliphatic rings. The molecule has 0 fully saturated rings. The number of aromatic nitrogens is 1. The maximum atomic E-state index is 4.63. The number of hydrogen-bond acceptors (Lipinski definition) is 4. The minimum absolute atomic E-state index is 0.418. The van der Waals surface area contributed by atoms with Crippen molar-refractivity contribution in [2.24, 2.45) is 4.99 Å². The van der Waals surface area contributed by atoms with Crippen LogP contribution in [0.4, 0.5) is 5.69 Å². The Morgan fingerprint density at radius 1 is 1.33 bits per heavy atom. The van der Waals surface area contributed by atoms with Crippen molar-refractivity contribution < 1.29 is 0 Å². The highest BCUT2D eigenvalue weighted by Crippen LogP contribution is 2.25. The SMILES string of the molecule is CC1CCSC(Nc2cccc3ccncc23)=N1. The Balaban J connectivity index is 1.95. The third kappa shape index (κ3) is 2.34. The number of benzene rings is 1. The predicted octanol–water partition coefficient (Wildman–Crippen LogP) is 3.53. The van der Waals surface area contributed by atoms with Crippen molar-refractivity contribution in [3.05, 3.63) is 36.7 Å². The number of nitrogens with one attached hydrogen (secondary N) is 1. The lowest BCUT2D eigenvalue weighted by Crippen LogP contribution is -2.18. The number of pyridine rings is 1. The maximum absolute atomic E-state index is 4.63. The van der Waals surface area contributed by atoms with Crippen LogP contribution in [-0.4, -0.2) is 21.9 Å². The van der Waals surface area contributed by atoms with E-state index in [9.17, 15) is 0 Å². The summed E-state index contributed by atoms with van der Waals surface area (Å²) in [5, 5.41) is 6.78. The standard InChI is InChI=1S/C14H15N3S/c1-10-6-8-18-14(16-10)17-13-4-2-3-11-5-7-15-9-12(11)13/h2-5,7,9-10H,6,8H2,1H3,(H,16,17). The van der Waals surface area contributed by atoms with E-state index in [0.29, 0.717) is 6.04 Å². The lowest BCUT2D eigenvalue weighted by atomic mass is 10.1. The monoisotopic (exact) mass is 257 g/mol. The zero-order chi connectivity index (χ0) is 12.4. The first kappa shape index (κ1) is 11.5. The van der Waals surface area contributed by atoms with Crippen LogP contribution >= 0.6 is 11.8 Å². The molecule has 3 nitrogen and oxygen atoms in total. The van der Waals surface area contributed by atoms with Gasteiger partial charge in [-0.05, 0) is 30.9 Å². The average Bonchev–Trinajstić information content (AvgIpc) is 2.39. The molecular formula is C14H15N3S. The Labute approximate surface area is 111 Å². The third-order valence-electron chi connectivity index (χ3n) is 3.04. The lowest BCUT2D eigenvalue weighted by molar-refractivity contribution is 0.720. The van der Waals surface area contributed by atoms with Gasteiger partial charge < -0.3 is 5.32 Å². The molecule has 3 rings (SSSR count). The fourth-order valence-corrected chi connectivity index (χ4v) is 3.12. The van der Waals surface area contributed by atoms with Gasteiger partial charge in [-0.25, -0.2) is 0 Å². The highest BCUT2D eigenvalue weighted by molar-refractivity contribution is 8.14. The van der Waals surface area contributed by atoms with Crippen LogP contribution in [0.1, 0.15) is 13.3 Å². The van der Waals surface area contributed by atoms with E-state index in [1.807, 2.05) is 18.5 Å². The van der Waals surface area contributed by atoms with Gasteiger partial charge in [-0.3, -0.25) is 9.98 Å². The quantitative estimate of drug-likeness (QED) is 0.849. The minimum atomic E-state index is 0.418. The fourth-order valence-electron chi connectivity index (χ4n) is 2.03. The summed E-state index contributed by atoms with van der Waals surface area (Å²) in [6, 6.07) is 8.68. The number of amidine groups is 1. The van der Waals surface area contributed by atoms with Crippen LogP contribution in [-0.2, 0) is 0 Å². The molecule has 0 amide bonds. The van der Waals surface area contributed by atoms with Gasteiger partial charge in [0, 0.05) is 29.2 Å². The number of aliphatic imine (C=N–C) groups is 1. The normalized spacial score (nSPS) is 19.6. The van der Waals surface area contributed by atoms with Crippen molar-refractivity contribution in [2.45, 2.75) is 19.4 Å². The Hall–Kier alpha value is -1.55. The molecule has 92 valence electrons. The van der Waals surface area contributed by atoms with Crippen LogP contribution in [0.2, 0.25) is 0 Å². The molecule has 2 heterocycles. The second kappa shape index (κ2) is 4.98. The largest absolute Gasteiger partial charge is 0.334 e. The number of fused-ring (bicyclic) bond motifs is 1. The molecule has 1 aromatic carbocycles. The Morgan fingerprint density at radius 3 is 3.17 bits per heavy atom. The number of rotatable bonds is 1. The van der Waals surface area contributed by atoms with Gasteiger partial charge in [0.25, 0.3) is 0 Å². The van der Waals surface area contributed by atoms with Crippen LogP contribution in [0.25, 0.3) is 10.8 Å². The summed E-state index contributed by atoms with van der Waals surface area (Å²) in [5.74, 6) is 1.13. The molecule has 1 atom stereocenters. The predicted molar refractivity (Wildman–Crippen MR) is 79.3 cm³/mol. The van der Waals surface area contributed by atoms with E-state index in [-0.39, 0.29) is 0 Å². The molecule has 4 heteroatoms. The van der Waals surface area contributed by atoms with Crippen LogP contribution in [0.5, 0.6) is 0 Å². The summed E-state index contributed by atoms with van der Waals surface area (Å²) in [6.45, 7) is 2.16. The van der Waals surface area contributed by atoms with E-state index < -0.39 is 0 Å². The van der Waals surface area contributed by atoms with Crippen LogP contribution in [0.15, 0.2) is 41.7 Å². The number of anilines is 1. The molecule has 1 aliphatic heterocycles. The summed E-state index contributed by atoms with van der Waals surface area (Å²) >= 11 is 1.79. The van der Waals surface area contributed by atoms with Gasteiger partial charge in [0.2, 0.25) is 0 Å². The molecule has 1 unspecified atom stereocenters. The topological polar surface area (TPSA) is 37.3 Å². The van der Waals surface area contributed by atoms with Gasteiger partial charge in [-0.2, -0.15) is 0 Å². The van der Waals surface area contributed by atoms with Crippen molar-refractivity contribution in [1.29, 1.82) is 0 Å². The first-order valence-corrected chi connectivity index (χ1v) is 7.12. The molecule has 0 spiro atoms. The first-order chi connectivity index (χ1) is 8.83. The van der Waals surface area contributed by atoms with E-state index in [4.69, 9.17) is 0 Å². The van der Waals surface area contributed by atoms with Gasteiger partial charge in [-0.15, -0.1) is 0 Å². The maximum Gasteiger partial charge on any atom is 0.161 e. The fraction of sp³-hybridized carbons (Fsp3) is 0.286. The van der Waals surface area contributed by atoms with Crippen molar-refractivity contribution in [3.63, 3.8) is 0 Å². The second-order valence-electron chi connectivity index (χ2n) is 4.45. The van der Waals surface area contributed by atoms with Gasteiger partial charge in [-0.1, -0.05) is 23.9 Å². The van der Waals surface area contributed by atoms with Crippen LogP contribution < -0.4 is 5.32 Å². The number of hydrogen-bond donors (Lipinski definition) is 1. The van der Waals surface area contributed by atoms with Crippen molar-refractivity contribution >= 4 is 33.4 Å². The highest BCUT2D eigenvalue weighted by atomic mass is 32.2. The molecule has 0 aliphatic carbocycles. The van der Waals surface area contributed by atoms with Crippen molar-refractivity contribution in [1.82, 2.24) is 4.98 Å². The van der Waals surface area contributed by atoms with Crippen molar-refractivity contribution in [2.75, 3.05) is 11.1 Å². The van der Waals surface area contributed by atoms with Crippen LogP contribution in [0.3, 0.4) is 0 Å². The van der Waals surface area contributed by atoms with E-state index >= 15 is 0 Å². The number of thioether (sulfide) groups is 1. The summed E-state index contributed by atoms with van der Waals surface area (Å²) in [4.78, 5) is 8.83. The third-order valence-corrected chi connectivity index (χ3v) is 3.96. The van der Waals surface area contributed by atoms with Gasteiger partial charge in [0.15, 0.2) is 5.17 Å². The van der Waals surface area contributed by atoms with Crippen molar-refractivity contribution in [3.8, 4) is 0 Å². The molecule has 2 aromatic rings. The molecule has 1 N–H and O–H groups in total.